The minimum atomic E-state index is -0.539. The van der Waals surface area contributed by atoms with Crippen molar-refractivity contribution in [1.82, 2.24) is 20.3 Å². The number of amides is 1. The fourth-order valence-electron chi connectivity index (χ4n) is 2.64. The zero-order chi connectivity index (χ0) is 18.8. The highest BCUT2D eigenvalue weighted by atomic mass is 16.4. The van der Waals surface area contributed by atoms with Crippen molar-refractivity contribution in [3.05, 3.63) is 82.5 Å². The van der Waals surface area contributed by atoms with Gasteiger partial charge >= 0.3 is 5.63 Å². The molecule has 2 aromatic carbocycles. The molecule has 134 valence electrons. The van der Waals surface area contributed by atoms with Crippen LogP contribution >= 0.6 is 0 Å². The first kappa shape index (κ1) is 16.5. The van der Waals surface area contributed by atoms with E-state index in [1.54, 1.807) is 30.3 Å². The van der Waals surface area contributed by atoms with E-state index in [1.807, 2.05) is 12.1 Å². The first-order valence-electron chi connectivity index (χ1n) is 8.12. The largest absolute Gasteiger partial charge is 0.507 e. The molecule has 2 heterocycles. The zero-order valence-electron chi connectivity index (χ0n) is 14.0. The summed E-state index contributed by atoms with van der Waals surface area (Å²) in [4.78, 5) is 24.3. The van der Waals surface area contributed by atoms with Crippen LogP contribution in [0.25, 0.3) is 16.7 Å². The molecule has 0 unspecified atom stereocenters. The highest BCUT2D eigenvalue weighted by molar-refractivity contribution is 5.96. The van der Waals surface area contributed by atoms with E-state index >= 15 is 0 Å². The topological polar surface area (TPSA) is 110 Å². The summed E-state index contributed by atoms with van der Waals surface area (Å²) in [5, 5.41) is 21.0. The molecule has 0 fully saturated rings. The van der Waals surface area contributed by atoms with Crippen molar-refractivity contribution in [2.45, 2.75) is 6.54 Å². The third kappa shape index (κ3) is 3.28. The Kier molecular flexibility index (Phi) is 4.13. The fourth-order valence-corrected chi connectivity index (χ4v) is 2.64. The molecule has 0 aliphatic carbocycles. The summed E-state index contributed by atoms with van der Waals surface area (Å²) in [5.41, 5.74) is 0.788. The summed E-state index contributed by atoms with van der Waals surface area (Å²) in [6.07, 6.45) is 1.53. The number of carbonyl (C=O) groups excluding carboxylic acids is 1. The number of phenols is 1. The van der Waals surface area contributed by atoms with Crippen LogP contribution in [0.15, 0.2) is 70.0 Å². The molecule has 0 atom stereocenters. The molecule has 8 heteroatoms. The Morgan fingerprint density at radius 3 is 2.78 bits per heavy atom. The maximum absolute atomic E-state index is 12.2. The van der Waals surface area contributed by atoms with Gasteiger partial charge < -0.3 is 14.8 Å². The van der Waals surface area contributed by atoms with Gasteiger partial charge in [0.25, 0.3) is 5.91 Å². The summed E-state index contributed by atoms with van der Waals surface area (Å²) in [5.74, 6) is -0.541. The number of aromatic nitrogens is 3. The zero-order valence-corrected chi connectivity index (χ0v) is 14.0. The number of hydrogen-bond donors (Lipinski definition) is 2. The van der Waals surface area contributed by atoms with E-state index in [9.17, 15) is 14.7 Å². The number of phenolic OH excluding ortho intramolecular Hbond substituents is 1. The van der Waals surface area contributed by atoms with Gasteiger partial charge in [0.2, 0.25) is 0 Å². The van der Waals surface area contributed by atoms with Crippen molar-refractivity contribution in [3.63, 3.8) is 0 Å². The van der Waals surface area contributed by atoms with Gasteiger partial charge in [-0.1, -0.05) is 35.5 Å². The van der Waals surface area contributed by atoms with Crippen molar-refractivity contribution in [1.29, 1.82) is 0 Å². The van der Waals surface area contributed by atoms with Gasteiger partial charge in [-0.25, -0.2) is 9.48 Å². The molecular formula is C19H14N4O4. The molecular weight excluding hydrogens is 348 g/mol. The average molecular weight is 362 g/mol. The number of hydrogen-bond acceptors (Lipinski definition) is 6. The number of fused-ring (bicyclic) bond motifs is 1. The minimum absolute atomic E-state index is 0.0894. The second-order valence-corrected chi connectivity index (χ2v) is 5.81. The lowest BCUT2D eigenvalue weighted by molar-refractivity contribution is 0.0947. The number of rotatable bonds is 4. The summed E-state index contributed by atoms with van der Waals surface area (Å²) in [7, 11) is 0. The standard InChI is InChI=1S/C19H14N4O4/c24-16-7-3-2-6-14(16)18(25)20-10-13-11-23(22-21-13)15-9-12-5-1-4-8-17(12)27-19(15)26/h1-9,11,24H,10H2,(H,20,25). The minimum Gasteiger partial charge on any atom is -0.507 e. The highest BCUT2D eigenvalue weighted by Crippen LogP contribution is 2.16. The van der Waals surface area contributed by atoms with Gasteiger partial charge in [0.1, 0.15) is 17.0 Å². The number of benzene rings is 2. The van der Waals surface area contributed by atoms with Crippen LogP contribution < -0.4 is 10.9 Å². The van der Waals surface area contributed by atoms with Gasteiger partial charge in [-0.15, -0.1) is 5.10 Å². The predicted molar refractivity (Wildman–Crippen MR) is 96.7 cm³/mol. The van der Waals surface area contributed by atoms with Crippen LogP contribution in [0, 0.1) is 0 Å². The summed E-state index contributed by atoms with van der Waals surface area (Å²) >= 11 is 0. The fraction of sp³-hybridized carbons (Fsp3) is 0.0526. The van der Waals surface area contributed by atoms with E-state index in [0.717, 1.165) is 5.39 Å². The molecule has 0 saturated carbocycles. The molecule has 0 spiro atoms. The van der Waals surface area contributed by atoms with E-state index in [0.29, 0.717) is 11.3 Å². The molecule has 0 aliphatic rings. The third-order valence-corrected chi connectivity index (χ3v) is 3.99. The van der Waals surface area contributed by atoms with Gasteiger partial charge in [0, 0.05) is 5.39 Å². The SMILES string of the molecule is O=C(NCc1cn(-c2cc3ccccc3oc2=O)nn1)c1ccccc1O. The summed E-state index contributed by atoms with van der Waals surface area (Å²) < 4.78 is 6.59. The number of aromatic hydroxyl groups is 1. The summed E-state index contributed by atoms with van der Waals surface area (Å²) in [6.45, 7) is 0.0894. The van der Waals surface area contributed by atoms with Crippen LogP contribution in [0.4, 0.5) is 0 Å². The lowest BCUT2D eigenvalue weighted by Gasteiger charge is -2.04. The molecule has 8 nitrogen and oxygen atoms in total. The summed E-state index contributed by atoms with van der Waals surface area (Å²) in [6, 6.07) is 15.1. The maximum atomic E-state index is 12.2. The van der Waals surface area contributed by atoms with E-state index < -0.39 is 11.5 Å². The predicted octanol–water partition coefficient (Wildman–Crippen LogP) is 2.01. The first-order chi connectivity index (χ1) is 13.1. The van der Waals surface area contributed by atoms with Crippen LogP contribution in [0.1, 0.15) is 16.1 Å². The van der Waals surface area contributed by atoms with Crippen LogP contribution in [0.2, 0.25) is 0 Å². The molecule has 0 saturated heterocycles. The Balaban J connectivity index is 1.54. The van der Waals surface area contributed by atoms with Crippen LogP contribution in [0.3, 0.4) is 0 Å². The maximum Gasteiger partial charge on any atom is 0.362 e. The highest BCUT2D eigenvalue weighted by Gasteiger charge is 2.13. The van der Waals surface area contributed by atoms with Crippen molar-refractivity contribution in [3.8, 4) is 11.4 Å². The van der Waals surface area contributed by atoms with Gasteiger partial charge in [0.15, 0.2) is 5.69 Å². The van der Waals surface area contributed by atoms with Crippen molar-refractivity contribution in [2.24, 2.45) is 0 Å². The Morgan fingerprint density at radius 1 is 1.15 bits per heavy atom. The number of para-hydroxylation sites is 2. The normalized spacial score (nSPS) is 10.8. The van der Waals surface area contributed by atoms with Gasteiger partial charge in [-0.05, 0) is 24.3 Å². The van der Waals surface area contributed by atoms with Crippen molar-refractivity contribution in [2.75, 3.05) is 0 Å². The molecule has 4 rings (SSSR count). The van der Waals surface area contributed by atoms with Crippen molar-refractivity contribution >= 4 is 16.9 Å². The molecule has 0 bridgehead atoms. The first-order valence-corrected chi connectivity index (χ1v) is 8.12. The second-order valence-electron chi connectivity index (χ2n) is 5.81. The molecule has 4 aromatic rings. The molecule has 2 N–H and O–H groups in total. The molecule has 0 radical (unpaired) electrons. The molecule has 27 heavy (non-hydrogen) atoms. The van der Waals surface area contributed by atoms with E-state index in [4.69, 9.17) is 4.42 Å². The lowest BCUT2D eigenvalue weighted by atomic mass is 10.2. The van der Waals surface area contributed by atoms with Crippen LogP contribution in [0.5, 0.6) is 5.75 Å². The third-order valence-electron chi connectivity index (χ3n) is 3.99. The van der Waals surface area contributed by atoms with E-state index in [-0.39, 0.29) is 23.5 Å². The molecule has 1 amide bonds. The lowest BCUT2D eigenvalue weighted by Crippen LogP contribution is -2.23. The van der Waals surface area contributed by atoms with Gasteiger partial charge in [-0.3, -0.25) is 4.79 Å². The van der Waals surface area contributed by atoms with Crippen LogP contribution in [-0.2, 0) is 6.54 Å². The van der Waals surface area contributed by atoms with E-state index in [1.165, 1.54) is 23.0 Å². The molecule has 2 aromatic heterocycles. The van der Waals surface area contributed by atoms with E-state index in [2.05, 4.69) is 15.6 Å². The second kappa shape index (κ2) is 6.75. The quantitative estimate of drug-likeness (QED) is 0.537. The monoisotopic (exact) mass is 362 g/mol. The number of carbonyl (C=O) groups is 1. The number of nitrogens with zero attached hydrogens (tertiary/aromatic N) is 3. The van der Waals surface area contributed by atoms with Gasteiger partial charge in [-0.2, -0.15) is 0 Å². The Hall–Kier alpha value is -3.94. The van der Waals surface area contributed by atoms with Gasteiger partial charge in [0.05, 0.1) is 18.3 Å². The Morgan fingerprint density at radius 2 is 1.93 bits per heavy atom. The van der Waals surface area contributed by atoms with Crippen LogP contribution in [-0.4, -0.2) is 26.0 Å². The number of nitrogens with one attached hydrogen (secondary N) is 1. The Bertz CT molecular complexity index is 1200. The van der Waals surface area contributed by atoms with Crippen molar-refractivity contribution < 1.29 is 14.3 Å². The molecule has 0 aliphatic heterocycles. The smallest absolute Gasteiger partial charge is 0.362 e. The average Bonchev–Trinajstić information content (AvgIpc) is 3.14. The Labute approximate surface area is 152 Å².